The Labute approximate surface area is 179 Å². The molecule has 0 aromatic heterocycles. The number of nitrogens with zero attached hydrogens (tertiary/aromatic N) is 1. The summed E-state index contributed by atoms with van der Waals surface area (Å²) >= 11 is 0. The Balaban J connectivity index is 1.65. The van der Waals surface area contributed by atoms with Crippen LogP contribution in [0.3, 0.4) is 0 Å². The Morgan fingerprint density at radius 2 is 2.03 bits per heavy atom. The first-order chi connectivity index (χ1) is 14.4. The van der Waals surface area contributed by atoms with E-state index in [4.69, 9.17) is 4.74 Å². The lowest BCUT2D eigenvalue weighted by molar-refractivity contribution is -0.121. The quantitative estimate of drug-likeness (QED) is 0.352. The molecule has 1 heterocycles. The van der Waals surface area contributed by atoms with E-state index in [-0.39, 0.29) is 35.8 Å². The molecule has 1 amide bonds. The second kappa shape index (κ2) is 12.5. The van der Waals surface area contributed by atoms with Gasteiger partial charge in [-0.3, -0.25) is 9.79 Å². The maximum absolute atomic E-state index is 12.0. The van der Waals surface area contributed by atoms with Crippen LogP contribution >= 0.6 is 0 Å². The standard InChI is InChI=1S/C21H34N4O4S/c1-3-22-21(23-11-9-20(26)25-19-10-12-30(27,28)16-19)24-13-17(2)14-29-15-18-7-5-4-6-8-18/h4-8,17,19H,3,9-16H2,1-2H3,(H,25,26)(H2,22,23,24). The molecule has 0 saturated carbocycles. The van der Waals surface area contributed by atoms with Crippen molar-refractivity contribution in [1.82, 2.24) is 16.0 Å². The van der Waals surface area contributed by atoms with Crippen LogP contribution in [-0.4, -0.2) is 64.1 Å². The fourth-order valence-electron chi connectivity index (χ4n) is 3.10. The van der Waals surface area contributed by atoms with Crippen molar-refractivity contribution in [3.63, 3.8) is 0 Å². The molecule has 2 rings (SSSR count). The normalized spacial score (nSPS) is 19.3. The number of nitrogens with one attached hydrogen (secondary N) is 3. The predicted molar refractivity (Wildman–Crippen MR) is 119 cm³/mol. The molecule has 3 N–H and O–H groups in total. The lowest BCUT2D eigenvalue weighted by atomic mass is 10.2. The number of amides is 1. The van der Waals surface area contributed by atoms with Gasteiger partial charge in [-0.05, 0) is 24.8 Å². The van der Waals surface area contributed by atoms with Crippen LogP contribution in [0.25, 0.3) is 0 Å². The second-order valence-electron chi connectivity index (χ2n) is 7.67. The van der Waals surface area contributed by atoms with Crippen molar-refractivity contribution in [1.29, 1.82) is 0 Å². The minimum atomic E-state index is -2.99. The molecule has 2 unspecified atom stereocenters. The van der Waals surface area contributed by atoms with E-state index < -0.39 is 9.84 Å². The average Bonchev–Trinajstić information content (AvgIpc) is 3.05. The maximum Gasteiger partial charge on any atom is 0.222 e. The molecule has 9 heteroatoms. The van der Waals surface area contributed by atoms with Crippen LogP contribution in [0.4, 0.5) is 0 Å². The zero-order valence-corrected chi connectivity index (χ0v) is 18.7. The molecule has 1 fully saturated rings. The highest BCUT2D eigenvalue weighted by Crippen LogP contribution is 2.11. The summed E-state index contributed by atoms with van der Waals surface area (Å²) in [6.45, 7) is 7.02. The number of aliphatic imine (C=N–C) groups is 1. The van der Waals surface area contributed by atoms with E-state index in [2.05, 4.69) is 27.9 Å². The van der Waals surface area contributed by atoms with E-state index in [1.807, 2.05) is 37.3 Å². The molecule has 1 aromatic rings. The van der Waals surface area contributed by atoms with Gasteiger partial charge in [0, 0.05) is 32.1 Å². The third kappa shape index (κ3) is 9.58. The van der Waals surface area contributed by atoms with E-state index in [1.165, 1.54) is 0 Å². The van der Waals surface area contributed by atoms with Gasteiger partial charge in [0.2, 0.25) is 5.91 Å². The Morgan fingerprint density at radius 1 is 1.27 bits per heavy atom. The first-order valence-electron chi connectivity index (χ1n) is 10.5. The highest BCUT2D eigenvalue weighted by atomic mass is 32.2. The number of carbonyl (C=O) groups is 1. The summed E-state index contributed by atoms with van der Waals surface area (Å²) in [4.78, 5) is 16.6. The zero-order valence-electron chi connectivity index (χ0n) is 17.9. The Hall–Kier alpha value is -2.13. The molecule has 168 valence electrons. The highest BCUT2D eigenvalue weighted by molar-refractivity contribution is 7.91. The van der Waals surface area contributed by atoms with Crippen molar-refractivity contribution in [2.45, 2.75) is 39.3 Å². The first kappa shape index (κ1) is 24.1. The molecule has 1 aliphatic rings. The van der Waals surface area contributed by atoms with Gasteiger partial charge in [-0.25, -0.2) is 8.42 Å². The molecule has 0 bridgehead atoms. The van der Waals surface area contributed by atoms with E-state index in [0.29, 0.717) is 38.7 Å². The molecular formula is C21H34N4O4S. The van der Waals surface area contributed by atoms with Crippen molar-refractivity contribution >= 4 is 21.7 Å². The van der Waals surface area contributed by atoms with Crippen LogP contribution < -0.4 is 16.0 Å². The molecule has 1 aliphatic heterocycles. The van der Waals surface area contributed by atoms with Crippen molar-refractivity contribution in [2.24, 2.45) is 10.9 Å². The minimum absolute atomic E-state index is 0.0422. The number of rotatable bonds is 11. The van der Waals surface area contributed by atoms with Crippen LogP contribution in [0.1, 0.15) is 32.3 Å². The monoisotopic (exact) mass is 438 g/mol. The summed E-state index contributed by atoms with van der Waals surface area (Å²) in [7, 11) is -2.99. The summed E-state index contributed by atoms with van der Waals surface area (Å²) in [6, 6.07) is 9.79. The smallest absolute Gasteiger partial charge is 0.222 e. The SMILES string of the molecule is CCNC(=NCC(C)COCc1ccccc1)NCCC(=O)NC1CCS(=O)(=O)C1. The molecule has 30 heavy (non-hydrogen) atoms. The van der Waals surface area contributed by atoms with Gasteiger partial charge in [0.15, 0.2) is 15.8 Å². The topological polar surface area (TPSA) is 109 Å². The number of benzene rings is 1. The second-order valence-corrected chi connectivity index (χ2v) is 9.90. The number of carbonyl (C=O) groups excluding carboxylic acids is 1. The molecular weight excluding hydrogens is 404 g/mol. The summed E-state index contributed by atoms with van der Waals surface area (Å²) in [5, 5.41) is 9.11. The van der Waals surface area contributed by atoms with Gasteiger partial charge >= 0.3 is 0 Å². The molecule has 0 aliphatic carbocycles. The predicted octanol–water partition coefficient (Wildman–Crippen LogP) is 1.09. The van der Waals surface area contributed by atoms with Crippen LogP contribution in [-0.2, 0) is 26.0 Å². The average molecular weight is 439 g/mol. The van der Waals surface area contributed by atoms with Gasteiger partial charge in [0.25, 0.3) is 0 Å². The fraction of sp³-hybridized carbons (Fsp3) is 0.619. The molecule has 1 aromatic carbocycles. The van der Waals surface area contributed by atoms with E-state index >= 15 is 0 Å². The van der Waals surface area contributed by atoms with Crippen LogP contribution in [0.2, 0.25) is 0 Å². The summed E-state index contributed by atoms with van der Waals surface area (Å²) in [6.07, 6.45) is 0.756. The van der Waals surface area contributed by atoms with E-state index in [1.54, 1.807) is 0 Å². The number of guanidine groups is 1. The van der Waals surface area contributed by atoms with Crippen LogP contribution in [0.5, 0.6) is 0 Å². The first-order valence-corrected chi connectivity index (χ1v) is 12.3. The lowest BCUT2D eigenvalue weighted by Crippen LogP contribution is -2.41. The molecule has 0 radical (unpaired) electrons. The summed E-state index contributed by atoms with van der Waals surface area (Å²) < 4.78 is 28.7. The third-order valence-electron chi connectivity index (χ3n) is 4.66. The van der Waals surface area contributed by atoms with Crippen molar-refractivity contribution in [2.75, 3.05) is 37.7 Å². The minimum Gasteiger partial charge on any atom is -0.376 e. The number of hydrogen-bond donors (Lipinski definition) is 3. The number of ether oxygens (including phenoxy) is 1. The van der Waals surface area contributed by atoms with Crippen LogP contribution in [0, 0.1) is 5.92 Å². The van der Waals surface area contributed by atoms with E-state index in [0.717, 1.165) is 12.1 Å². The lowest BCUT2D eigenvalue weighted by Gasteiger charge is -2.15. The Kier molecular flexibility index (Phi) is 10.1. The maximum atomic E-state index is 12.0. The Morgan fingerprint density at radius 3 is 2.70 bits per heavy atom. The number of hydrogen-bond acceptors (Lipinski definition) is 5. The van der Waals surface area contributed by atoms with E-state index in [9.17, 15) is 13.2 Å². The summed E-state index contributed by atoms with van der Waals surface area (Å²) in [5.74, 6) is 0.963. The van der Waals surface area contributed by atoms with Gasteiger partial charge in [-0.1, -0.05) is 37.3 Å². The Bertz CT molecular complexity index is 783. The van der Waals surface area contributed by atoms with Gasteiger partial charge in [0.1, 0.15) is 0 Å². The van der Waals surface area contributed by atoms with Gasteiger partial charge in [0.05, 0.1) is 24.7 Å². The summed E-state index contributed by atoms with van der Waals surface area (Å²) in [5.41, 5.74) is 1.15. The van der Waals surface area contributed by atoms with Crippen LogP contribution in [0.15, 0.2) is 35.3 Å². The van der Waals surface area contributed by atoms with Crippen molar-refractivity contribution < 1.29 is 17.9 Å². The third-order valence-corrected chi connectivity index (χ3v) is 6.43. The van der Waals surface area contributed by atoms with Gasteiger partial charge in [-0.2, -0.15) is 0 Å². The fourth-order valence-corrected chi connectivity index (χ4v) is 4.77. The van der Waals surface area contributed by atoms with Crippen molar-refractivity contribution in [3.05, 3.63) is 35.9 Å². The van der Waals surface area contributed by atoms with Gasteiger partial charge in [-0.15, -0.1) is 0 Å². The molecule has 2 atom stereocenters. The molecule has 8 nitrogen and oxygen atoms in total. The highest BCUT2D eigenvalue weighted by Gasteiger charge is 2.28. The largest absolute Gasteiger partial charge is 0.376 e. The molecule has 0 spiro atoms. The zero-order chi connectivity index (χ0) is 21.8. The van der Waals surface area contributed by atoms with Crippen molar-refractivity contribution in [3.8, 4) is 0 Å². The number of sulfone groups is 1. The molecule has 1 saturated heterocycles. The van der Waals surface area contributed by atoms with Gasteiger partial charge < -0.3 is 20.7 Å².